The highest BCUT2D eigenvalue weighted by Gasteiger charge is 2.17. The molecule has 0 aliphatic carbocycles. The molecule has 5 nitrogen and oxygen atoms in total. The first-order valence-electron chi connectivity index (χ1n) is 7.91. The molecule has 132 valence electrons. The van der Waals surface area contributed by atoms with Gasteiger partial charge in [-0.3, -0.25) is 4.79 Å². The van der Waals surface area contributed by atoms with Crippen LogP contribution in [-0.4, -0.2) is 24.6 Å². The summed E-state index contributed by atoms with van der Waals surface area (Å²) < 4.78 is 10.5. The number of nitrogens with one attached hydrogen (secondary N) is 1. The summed E-state index contributed by atoms with van der Waals surface area (Å²) in [4.78, 5) is 24.0. The minimum absolute atomic E-state index is 0.212. The van der Waals surface area contributed by atoms with Gasteiger partial charge in [0.05, 0.1) is 17.2 Å². The molecule has 2 rings (SSSR count). The fourth-order valence-electron chi connectivity index (χ4n) is 2.16. The lowest BCUT2D eigenvalue weighted by Crippen LogP contribution is -2.30. The topological polar surface area (TPSA) is 64.6 Å². The molecule has 1 amide bonds. The zero-order valence-corrected chi connectivity index (χ0v) is 15.1. The van der Waals surface area contributed by atoms with Crippen LogP contribution in [0.25, 0.3) is 0 Å². The second-order valence-corrected chi connectivity index (χ2v) is 5.89. The molecule has 25 heavy (non-hydrogen) atoms. The molecular formula is C19H20ClNO4. The van der Waals surface area contributed by atoms with Crippen LogP contribution < -0.4 is 10.1 Å². The predicted molar refractivity (Wildman–Crippen MR) is 97.3 cm³/mol. The van der Waals surface area contributed by atoms with Crippen molar-refractivity contribution in [3.8, 4) is 5.75 Å². The number of aryl methyl sites for hydroxylation is 1. The van der Waals surface area contributed by atoms with Crippen molar-refractivity contribution < 1.29 is 19.1 Å². The van der Waals surface area contributed by atoms with Crippen molar-refractivity contribution >= 4 is 29.2 Å². The quantitative estimate of drug-likeness (QED) is 0.782. The average Bonchev–Trinajstić information content (AvgIpc) is 2.55. The van der Waals surface area contributed by atoms with E-state index in [0.29, 0.717) is 11.4 Å². The Morgan fingerprint density at radius 1 is 1.20 bits per heavy atom. The normalized spacial score (nSPS) is 11.5. The summed E-state index contributed by atoms with van der Waals surface area (Å²) in [6.07, 6.45) is -0.690. The van der Waals surface area contributed by atoms with Gasteiger partial charge < -0.3 is 14.8 Å². The Kier molecular flexibility index (Phi) is 6.42. The van der Waals surface area contributed by atoms with E-state index < -0.39 is 12.1 Å². The van der Waals surface area contributed by atoms with Crippen LogP contribution in [0.2, 0.25) is 5.02 Å². The highest BCUT2D eigenvalue weighted by molar-refractivity contribution is 6.34. The molecule has 0 heterocycles. The third kappa shape index (κ3) is 5.22. The molecular weight excluding hydrogens is 342 g/mol. The average molecular weight is 362 g/mol. The Hall–Kier alpha value is -2.53. The molecule has 0 saturated heterocycles. The van der Waals surface area contributed by atoms with Crippen LogP contribution in [0.3, 0.4) is 0 Å². The lowest BCUT2D eigenvalue weighted by atomic mass is 10.2. The standard InChI is InChI=1S/C19H20ClNO4/c1-4-24-19(23)16-9-8-14(11-17(16)20)21-18(22)13(3)25-15-7-5-6-12(2)10-15/h5-11,13H,4H2,1-3H3,(H,21,22)/t13-/m0/s1. The number of benzene rings is 2. The Bertz CT molecular complexity index is 776. The molecule has 2 aromatic rings. The van der Waals surface area contributed by atoms with Gasteiger partial charge in [-0.25, -0.2) is 4.79 Å². The number of hydrogen-bond donors (Lipinski definition) is 1. The molecule has 6 heteroatoms. The van der Waals surface area contributed by atoms with E-state index in [1.165, 1.54) is 12.1 Å². The van der Waals surface area contributed by atoms with Gasteiger partial charge in [0.1, 0.15) is 5.75 Å². The second kappa shape index (κ2) is 8.53. The van der Waals surface area contributed by atoms with Crippen LogP contribution in [0.4, 0.5) is 5.69 Å². The maximum Gasteiger partial charge on any atom is 0.339 e. The van der Waals surface area contributed by atoms with Crippen molar-refractivity contribution in [3.05, 3.63) is 58.6 Å². The number of halogens is 1. The first kappa shape index (κ1) is 18.8. The molecule has 0 fully saturated rings. The SMILES string of the molecule is CCOC(=O)c1ccc(NC(=O)[C@H](C)Oc2cccc(C)c2)cc1Cl. The number of carbonyl (C=O) groups is 2. The molecule has 0 saturated carbocycles. The number of esters is 1. The molecule has 0 spiro atoms. The molecule has 0 aliphatic heterocycles. The first-order chi connectivity index (χ1) is 11.9. The van der Waals surface area contributed by atoms with Gasteiger partial charge in [-0.05, 0) is 56.7 Å². The zero-order valence-electron chi connectivity index (χ0n) is 14.3. The molecule has 1 atom stereocenters. The number of amides is 1. The van der Waals surface area contributed by atoms with E-state index in [4.69, 9.17) is 21.1 Å². The molecule has 1 N–H and O–H groups in total. The van der Waals surface area contributed by atoms with Crippen LogP contribution in [0.15, 0.2) is 42.5 Å². The summed E-state index contributed by atoms with van der Waals surface area (Å²) in [5.41, 5.74) is 1.78. The second-order valence-electron chi connectivity index (χ2n) is 5.48. The van der Waals surface area contributed by atoms with E-state index in [1.54, 1.807) is 26.0 Å². The number of carbonyl (C=O) groups excluding carboxylic acids is 2. The van der Waals surface area contributed by atoms with E-state index >= 15 is 0 Å². The van der Waals surface area contributed by atoms with Crippen molar-refractivity contribution in [2.45, 2.75) is 26.9 Å². The van der Waals surface area contributed by atoms with Crippen LogP contribution in [0.5, 0.6) is 5.75 Å². The van der Waals surface area contributed by atoms with Crippen LogP contribution >= 0.6 is 11.6 Å². The van der Waals surface area contributed by atoms with Crippen molar-refractivity contribution in [1.29, 1.82) is 0 Å². The summed E-state index contributed by atoms with van der Waals surface area (Å²) in [6, 6.07) is 12.1. The predicted octanol–water partition coefficient (Wildman–Crippen LogP) is 4.23. The summed E-state index contributed by atoms with van der Waals surface area (Å²) >= 11 is 6.09. The van der Waals surface area contributed by atoms with Gasteiger partial charge in [0, 0.05) is 5.69 Å². The summed E-state index contributed by atoms with van der Waals surface area (Å²) in [5.74, 6) is -0.193. The summed E-state index contributed by atoms with van der Waals surface area (Å²) in [5, 5.41) is 2.93. The van der Waals surface area contributed by atoms with E-state index in [2.05, 4.69) is 5.32 Å². The number of ether oxygens (including phenoxy) is 2. The zero-order chi connectivity index (χ0) is 18.4. The number of anilines is 1. The van der Waals surface area contributed by atoms with Gasteiger partial charge in [0.2, 0.25) is 0 Å². The smallest absolute Gasteiger partial charge is 0.339 e. The fourth-order valence-corrected chi connectivity index (χ4v) is 2.42. The third-order valence-corrected chi connectivity index (χ3v) is 3.72. The van der Waals surface area contributed by atoms with Gasteiger partial charge in [-0.15, -0.1) is 0 Å². The highest BCUT2D eigenvalue weighted by atomic mass is 35.5. The van der Waals surface area contributed by atoms with Gasteiger partial charge in [0.25, 0.3) is 5.91 Å². The monoisotopic (exact) mass is 361 g/mol. The largest absolute Gasteiger partial charge is 0.481 e. The first-order valence-corrected chi connectivity index (χ1v) is 8.29. The van der Waals surface area contributed by atoms with Crippen molar-refractivity contribution in [2.75, 3.05) is 11.9 Å². The lowest BCUT2D eigenvalue weighted by molar-refractivity contribution is -0.122. The minimum Gasteiger partial charge on any atom is -0.481 e. The van der Waals surface area contributed by atoms with Gasteiger partial charge >= 0.3 is 5.97 Å². The fraction of sp³-hybridized carbons (Fsp3) is 0.263. The molecule has 2 aromatic carbocycles. The van der Waals surface area contributed by atoms with E-state index in [0.717, 1.165) is 5.56 Å². The van der Waals surface area contributed by atoms with Crippen molar-refractivity contribution in [3.63, 3.8) is 0 Å². The molecule has 0 bridgehead atoms. The minimum atomic E-state index is -0.690. The molecule has 0 aromatic heterocycles. The van der Waals surface area contributed by atoms with Crippen LogP contribution in [0.1, 0.15) is 29.8 Å². The maximum absolute atomic E-state index is 12.3. The van der Waals surface area contributed by atoms with Crippen LogP contribution in [-0.2, 0) is 9.53 Å². The maximum atomic E-state index is 12.3. The van der Waals surface area contributed by atoms with Crippen molar-refractivity contribution in [1.82, 2.24) is 0 Å². The van der Waals surface area contributed by atoms with E-state index in [9.17, 15) is 9.59 Å². The summed E-state index contributed by atoms with van der Waals surface area (Å²) in [7, 11) is 0. The Morgan fingerprint density at radius 3 is 2.60 bits per heavy atom. The Labute approximate surface area is 151 Å². The van der Waals surface area contributed by atoms with E-state index in [1.807, 2.05) is 25.1 Å². The number of hydrogen-bond acceptors (Lipinski definition) is 4. The molecule has 0 radical (unpaired) electrons. The van der Waals surface area contributed by atoms with Gasteiger partial charge in [-0.2, -0.15) is 0 Å². The Morgan fingerprint density at radius 2 is 1.96 bits per heavy atom. The third-order valence-electron chi connectivity index (χ3n) is 3.40. The van der Waals surface area contributed by atoms with Crippen molar-refractivity contribution in [2.24, 2.45) is 0 Å². The Balaban J connectivity index is 2.02. The van der Waals surface area contributed by atoms with Crippen LogP contribution in [0, 0.1) is 6.92 Å². The molecule has 0 aliphatic rings. The summed E-state index contributed by atoms with van der Waals surface area (Å²) in [6.45, 7) is 5.59. The van der Waals surface area contributed by atoms with Gasteiger partial charge in [0.15, 0.2) is 6.10 Å². The van der Waals surface area contributed by atoms with Gasteiger partial charge in [-0.1, -0.05) is 23.7 Å². The van der Waals surface area contributed by atoms with E-state index in [-0.39, 0.29) is 23.1 Å². The highest BCUT2D eigenvalue weighted by Crippen LogP contribution is 2.22. The lowest BCUT2D eigenvalue weighted by Gasteiger charge is -2.15. The molecule has 0 unspecified atom stereocenters. The number of rotatable bonds is 6.